The molecule has 36 heavy (non-hydrogen) atoms. The van der Waals surface area contributed by atoms with Crippen molar-refractivity contribution in [3.8, 4) is 6.07 Å². The molecule has 9 heteroatoms. The van der Waals surface area contributed by atoms with Gasteiger partial charge in [0.2, 0.25) is 0 Å². The number of anilines is 1. The zero-order valence-electron chi connectivity index (χ0n) is 19.2. The second kappa shape index (κ2) is 12.0. The third-order valence-electron chi connectivity index (χ3n) is 5.63. The number of hydrogen-bond acceptors (Lipinski definition) is 3. The summed E-state index contributed by atoms with van der Waals surface area (Å²) in [5.41, 5.74) is 4.11. The van der Waals surface area contributed by atoms with E-state index in [2.05, 4.69) is 20.9 Å². The van der Waals surface area contributed by atoms with Gasteiger partial charge in [-0.3, -0.25) is 0 Å². The summed E-state index contributed by atoms with van der Waals surface area (Å²) in [6, 6.07) is 21.3. The Morgan fingerprint density at radius 3 is 2.64 bits per heavy atom. The summed E-state index contributed by atoms with van der Waals surface area (Å²) >= 11 is 18.4. The van der Waals surface area contributed by atoms with Crippen LogP contribution in [0, 0.1) is 17.1 Å². The average molecular weight is 538 g/mol. The first-order valence-corrected chi connectivity index (χ1v) is 12.3. The maximum Gasteiger partial charge on any atom is 0.173 e. The molecule has 5 nitrogen and oxygen atoms in total. The van der Waals surface area contributed by atoms with Crippen molar-refractivity contribution >= 4 is 46.2 Å². The van der Waals surface area contributed by atoms with Crippen molar-refractivity contribution in [2.75, 3.05) is 11.9 Å². The molecule has 0 unspecified atom stereocenters. The highest BCUT2D eigenvalue weighted by atomic mass is 35.5. The van der Waals surface area contributed by atoms with Gasteiger partial charge in [0.25, 0.3) is 0 Å². The fourth-order valence-corrected chi connectivity index (χ4v) is 4.38. The molecule has 1 heterocycles. The molecule has 4 aromatic rings. The number of aromatic nitrogens is 2. The Kier molecular flexibility index (Phi) is 8.55. The third-order valence-corrected chi connectivity index (χ3v) is 6.85. The number of benzene rings is 3. The van der Waals surface area contributed by atoms with Gasteiger partial charge in [-0.1, -0.05) is 53.5 Å². The van der Waals surface area contributed by atoms with Crippen molar-refractivity contribution in [2.45, 2.75) is 19.5 Å². The first kappa shape index (κ1) is 25.6. The van der Waals surface area contributed by atoms with E-state index >= 15 is 0 Å². The molecule has 0 saturated heterocycles. The normalized spacial score (nSPS) is 10.6. The Bertz CT molecular complexity index is 1400. The molecule has 0 aliphatic carbocycles. The summed E-state index contributed by atoms with van der Waals surface area (Å²) in [7, 11) is 0. The van der Waals surface area contributed by atoms with E-state index in [1.54, 1.807) is 36.7 Å². The molecule has 0 saturated carbocycles. The molecule has 182 valence electrons. The molecule has 0 radical (unpaired) electrons. The number of hydrogen-bond donors (Lipinski definition) is 1. The Morgan fingerprint density at radius 2 is 1.89 bits per heavy atom. The summed E-state index contributed by atoms with van der Waals surface area (Å²) in [5, 5.41) is 13.5. The van der Waals surface area contributed by atoms with Crippen LogP contribution in [0.4, 0.5) is 10.1 Å². The van der Waals surface area contributed by atoms with Crippen LogP contribution in [0.2, 0.25) is 10.0 Å². The van der Waals surface area contributed by atoms with Gasteiger partial charge >= 0.3 is 0 Å². The third kappa shape index (κ3) is 6.61. The molecular formula is C27H22Cl2FN5S. The monoisotopic (exact) mass is 537 g/mol. The van der Waals surface area contributed by atoms with Gasteiger partial charge in [0.05, 0.1) is 28.0 Å². The molecule has 3 aromatic carbocycles. The van der Waals surface area contributed by atoms with Crippen molar-refractivity contribution in [2.24, 2.45) is 0 Å². The van der Waals surface area contributed by atoms with Crippen LogP contribution < -0.4 is 5.32 Å². The zero-order valence-corrected chi connectivity index (χ0v) is 21.5. The first-order valence-electron chi connectivity index (χ1n) is 11.2. The van der Waals surface area contributed by atoms with E-state index in [1.165, 1.54) is 12.1 Å². The number of nitriles is 1. The van der Waals surface area contributed by atoms with Gasteiger partial charge in [-0.05, 0) is 59.7 Å². The van der Waals surface area contributed by atoms with Crippen molar-refractivity contribution in [3.05, 3.63) is 118 Å². The van der Waals surface area contributed by atoms with E-state index in [0.717, 1.165) is 16.8 Å². The topological polar surface area (TPSA) is 56.9 Å². The van der Waals surface area contributed by atoms with E-state index in [4.69, 9.17) is 40.7 Å². The van der Waals surface area contributed by atoms with Crippen LogP contribution in [0.15, 0.2) is 79.3 Å². The quantitative estimate of drug-likeness (QED) is 0.253. The molecule has 0 atom stereocenters. The summed E-state index contributed by atoms with van der Waals surface area (Å²) in [6.07, 6.45) is 4.27. The van der Waals surface area contributed by atoms with Crippen LogP contribution in [0.1, 0.15) is 22.4 Å². The number of halogens is 3. The Balaban J connectivity index is 1.51. The van der Waals surface area contributed by atoms with Crippen LogP contribution in [-0.2, 0) is 19.5 Å². The molecule has 1 aromatic heterocycles. The van der Waals surface area contributed by atoms with E-state index < -0.39 is 0 Å². The Labute approximate surface area is 224 Å². The highest BCUT2D eigenvalue weighted by Crippen LogP contribution is 2.27. The molecule has 4 rings (SSSR count). The lowest BCUT2D eigenvalue weighted by atomic mass is 10.1. The molecule has 1 N–H and O–H groups in total. The lowest BCUT2D eigenvalue weighted by Crippen LogP contribution is -2.36. The second-order valence-corrected chi connectivity index (χ2v) is 9.32. The predicted octanol–water partition coefficient (Wildman–Crippen LogP) is 6.69. The number of nitrogens with zero attached hydrogens (tertiary/aromatic N) is 4. The number of thiocarbonyl (C=S) groups is 1. The van der Waals surface area contributed by atoms with Gasteiger partial charge < -0.3 is 14.8 Å². The lowest BCUT2D eigenvalue weighted by molar-refractivity contribution is 0.418. The minimum absolute atomic E-state index is 0.348. The predicted molar refractivity (Wildman–Crippen MR) is 146 cm³/mol. The smallest absolute Gasteiger partial charge is 0.173 e. The maximum absolute atomic E-state index is 13.7. The van der Waals surface area contributed by atoms with Crippen molar-refractivity contribution in [1.82, 2.24) is 14.5 Å². The van der Waals surface area contributed by atoms with Crippen LogP contribution in [-0.4, -0.2) is 26.1 Å². The fourth-order valence-electron chi connectivity index (χ4n) is 3.73. The first-order chi connectivity index (χ1) is 17.4. The number of imidazole rings is 1. The van der Waals surface area contributed by atoms with Crippen molar-refractivity contribution in [1.29, 1.82) is 5.26 Å². The standard InChI is InChI=1S/C27H22Cl2FN5S/c28-25-6-1-3-21(26(25)29)17-34(27(36)33-23-5-2-4-22(30)13-23)12-11-24-15-32-18-35(24)16-20-9-7-19(14-31)8-10-20/h1-10,13,15,18H,11-12,16-17H2,(H,33,36). The van der Waals surface area contributed by atoms with Crippen molar-refractivity contribution in [3.63, 3.8) is 0 Å². The van der Waals surface area contributed by atoms with Gasteiger partial charge in [-0.25, -0.2) is 9.37 Å². The van der Waals surface area contributed by atoms with Crippen LogP contribution in [0.5, 0.6) is 0 Å². The zero-order chi connectivity index (χ0) is 25.5. The molecule has 0 amide bonds. The highest BCUT2D eigenvalue weighted by molar-refractivity contribution is 7.80. The van der Waals surface area contributed by atoms with Gasteiger partial charge in [0, 0.05) is 43.6 Å². The van der Waals surface area contributed by atoms with E-state index in [0.29, 0.717) is 52.5 Å². The van der Waals surface area contributed by atoms with Crippen LogP contribution >= 0.6 is 35.4 Å². The second-order valence-electron chi connectivity index (χ2n) is 8.15. The summed E-state index contributed by atoms with van der Waals surface area (Å²) in [5.74, 6) is -0.348. The van der Waals surface area contributed by atoms with E-state index in [1.807, 2.05) is 35.4 Å². The summed E-state index contributed by atoms with van der Waals surface area (Å²) in [4.78, 5) is 6.29. The van der Waals surface area contributed by atoms with Gasteiger partial charge in [0.1, 0.15) is 5.82 Å². The summed E-state index contributed by atoms with van der Waals surface area (Å²) in [6.45, 7) is 1.61. The molecule has 0 aliphatic heterocycles. The van der Waals surface area contributed by atoms with Crippen LogP contribution in [0.25, 0.3) is 0 Å². The van der Waals surface area contributed by atoms with Crippen LogP contribution in [0.3, 0.4) is 0 Å². The molecule has 0 bridgehead atoms. The SMILES string of the molecule is N#Cc1ccc(Cn2cncc2CCN(Cc2cccc(Cl)c2Cl)C(=S)Nc2cccc(F)c2)cc1. The minimum Gasteiger partial charge on any atom is -0.344 e. The molecule has 0 aliphatic rings. The Hall–Kier alpha value is -3.44. The minimum atomic E-state index is -0.348. The lowest BCUT2D eigenvalue weighted by Gasteiger charge is -2.27. The summed E-state index contributed by atoms with van der Waals surface area (Å²) < 4.78 is 15.8. The number of nitrogens with one attached hydrogen (secondary N) is 1. The van der Waals surface area contributed by atoms with Gasteiger partial charge in [0.15, 0.2) is 5.11 Å². The van der Waals surface area contributed by atoms with Gasteiger partial charge in [-0.2, -0.15) is 5.26 Å². The fraction of sp³-hybridized carbons (Fsp3) is 0.148. The largest absolute Gasteiger partial charge is 0.344 e. The molecular weight excluding hydrogens is 516 g/mol. The van der Waals surface area contributed by atoms with Gasteiger partial charge in [-0.15, -0.1) is 0 Å². The van der Waals surface area contributed by atoms with E-state index in [-0.39, 0.29) is 5.82 Å². The molecule has 0 fully saturated rings. The molecule has 0 spiro atoms. The Morgan fingerprint density at radius 1 is 1.11 bits per heavy atom. The van der Waals surface area contributed by atoms with E-state index in [9.17, 15) is 4.39 Å². The number of rotatable bonds is 8. The maximum atomic E-state index is 13.7. The highest BCUT2D eigenvalue weighted by Gasteiger charge is 2.16. The average Bonchev–Trinajstić information content (AvgIpc) is 3.31. The van der Waals surface area contributed by atoms with Crippen molar-refractivity contribution < 1.29 is 4.39 Å².